The van der Waals surface area contributed by atoms with Crippen LogP contribution in [0, 0.1) is 5.92 Å². The van der Waals surface area contributed by atoms with Gasteiger partial charge in [-0.05, 0) is 18.8 Å². The van der Waals surface area contributed by atoms with Gasteiger partial charge in [-0.15, -0.1) is 5.10 Å². The Hall–Kier alpha value is -2.71. The summed E-state index contributed by atoms with van der Waals surface area (Å²) < 4.78 is 3.64. The van der Waals surface area contributed by atoms with Crippen molar-refractivity contribution in [2.45, 2.75) is 51.7 Å². The van der Waals surface area contributed by atoms with E-state index < -0.39 is 11.9 Å². The lowest BCUT2D eigenvalue weighted by molar-refractivity contribution is -0.120. The molecule has 138 valence electrons. The number of carbonyl (C=O) groups is 2. The van der Waals surface area contributed by atoms with Gasteiger partial charge in [0.1, 0.15) is 17.7 Å². The van der Waals surface area contributed by atoms with Crippen LogP contribution in [0.4, 0.5) is 5.82 Å². The summed E-state index contributed by atoms with van der Waals surface area (Å²) in [5.74, 6) is 1.59. The zero-order valence-corrected chi connectivity index (χ0v) is 15.2. The molecular weight excluding hydrogens is 334 g/mol. The molecule has 0 unspecified atom stereocenters. The molecule has 9 heteroatoms. The monoisotopic (exact) mass is 357 g/mol. The molecule has 9 nitrogen and oxygen atoms in total. The summed E-state index contributed by atoms with van der Waals surface area (Å²) in [6, 6.07) is 1.45. The summed E-state index contributed by atoms with van der Waals surface area (Å²) in [4.78, 5) is 31.2. The minimum absolute atomic E-state index is 0.141. The largest absolute Gasteiger partial charge is 0.337 e. The van der Waals surface area contributed by atoms with E-state index in [9.17, 15) is 9.59 Å². The molecule has 4 rings (SSSR count). The van der Waals surface area contributed by atoms with E-state index in [2.05, 4.69) is 34.3 Å². The number of fused-ring (bicyclic) bond motifs is 2. The number of nitrogens with one attached hydrogen (secondary N) is 1. The standard InChI is InChI=1S/C17H23N7O2/c1-10(2)12-4-5-13-20-15(21-24(12)13)16(25)19-11-7-9-23-14(6-8-18-23)22(3)17(11)26/h6,8,10-12H,4-5,7,9H2,1-3H3,(H,19,25)/t11-,12+/m0/s1. The first-order chi connectivity index (χ1) is 12.5. The van der Waals surface area contributed by atoms with Crippen LogP contribution in [0.15, 0.2) is 12.3 Å². The Morgan fingerprint density at radius 1 is 1.35 bits per heavy atom. The third kappa shape index (κ3) is 2.67. The van der Waals surface area contributed by atoms with Crippen molar-refractivity contribution in [1.29, 1.82) is 0 Å². The van der Waals surface area contributed by atoms with Crippen LogP contribution in [0.25, 0.3) is 0 Å². The van der Waals surface area contributed by atoms with Crippen molar-refractivity contribution in [3.63, 3.8) is 0 Å². The molecule has 2 aromatic rings. The zero-order valence-electron chi connectivity index (χ0n) is 15.2. The molecule has 0 fully saturated rings. The van der Waals surface area contributed by atoms with Crippen LogP contribution >= 0.6 is 0 Å². The number of aromatic nitrogens is 5. The Labute approximate surface area is 151 Å². The van der Waals surface area contributed by atoms with Gasteiger partial charge in [-0.1, -0.05) is 13.8 Å². The maximum atomic E-state index is 12.7. The lowest BCUT2D eigenvalue weighted by atomic mass is 10.0. The normalized spacial score (nSPS) is 22.3. The Balaban J connectivity index is 1.50. The summed E-state index contributed by atoms with van der Waals surface area (Å²) in [6.07, 6.45) is 3.98. The molecule has 26 heavy (non-hydrogen) atoms. The van der Waals surface area contributed by atoms with E-state index in [0.29, 0.717) is 18.9 Å². The Morgan fingerprint density at radius 3 is 2.92 bits per heavy atom. The lowest BCUT2D eigenvalue weighted by Gasteiger charge is -2.20. The first-order valence-electron chi connectivity index (χ1n) is 9.01. The smallest absolute Gasteiger partial charge is 0.291 e. The second-order valence-corrected chi connectivity index (χ2v) is 7.27. The van der Waals surface area contributed by atoms with Gasteiger partial charge in [-0.3, -0.25) is 14.5 Å². The number of rotatable bonds is 3. The van der Waals surface area contributed by atoms with Crippen molar-refractivity contribution < 1.29 is 9.59 Å². The molecule has 0 aliphatic carbocycles. The number of amides is 2. The molecule has 2 aromatic heterocycles. The van der Waals surface area contributed by atoms with E-state index in [0.717, 1.165) is 24.5 Å². The summed E-state index contributed by atoms with van der Waals surface area (Å²) in [7, 11) is 1.69. The van der Waals surface area contributed by atoms with E-state index in [1.807, 2.05) is 4.68 Å². The minimum Gasteiger partial charge on any atom is -0.337 e. The number of hydrogen-bond donors (Lipinski definition) is 1. The van der Waals surface area contributed by atoms with Gasteiger partial charge in [0, 0.05) is 26.1 Å². The third-order valence-corrected chi connectivity index (χ3v) is 5.25. The molecule has 0 saturated heterocycles. The summed E-state index contributed by atoms with van der Waals surface area (Å²) >= 11 is 0. The van der Waals surface area contributed by atoms with Gasteiger partial charge in [0.15, 0.2) is 0 Å². The van der Waals surface area contributed by atoms with Crippen LogP contribution < -0.4 is 10.2 Å². The van der Waals surface area contributed by atoms with Crippen molar-refractivity contribution in [3.8, 4) is 0 Å². The van der Waals surface area contributed by atoms with Crippen LogP contribution in [0.5, 0.6) is 0 Å². The van der Waals surface area contributed by atoms with Crippen molar-refractivity contribution in [1.82, 2.24) is 29.9 Å². The van der Waals surface area contributed by atoms with Crippen molar-refractivity contribution in [2.24, 2.45) is 5.92 Å². The van der Waals surface area contributed by atoms with Crippen molar-refractivity contribution in [2.75, 3.05) is 11.9 Å². The molecule has 2 aliphatic rings. The maximum absolute atomic E-state index is 12.7. The van der Waals surface area contributed by atoms with Crippen LogP contribution in [0.1, 0.15) is 49.2 Å². The van der Waals surface area contributed by atoms with Crippen LogP contribution in [0.2, 0.25) is 0 Å². The van der Waals surface area contributed by atoms with Gasteiger partial charge in [-0.25, -0.2) is 14.3 Å². The number of aryl methyl sites for hydroxylation is 2. The molecule has 1 N–H and O–H groups in total. The lowest BCUT2D eigenvalue weighted by Crippen LogP contribution is -2.47. The highest BCUT2D eigenvalue weighted by Crippen LogP contribution is 2.30. The Bertz CT molecular complexity index is 853. The zero-order chi connectivity index (χ0) is 18.4. The van der Waals surface area contributed by atoms with Gasteiger partial charge in [0.2, 0.25) is 5.82 Å². The second kappa shape index (κ2) is 6.22. The average Bonchev–Trinajstić information content (AvgIpc) is 3.29. The molecule has 2 amide bonds. The fourth-order valence-corrected chi connectivity index (χ4v) is 3.76. The first-order valence-corrected chi connectivity index (χ1v) is 9.01. The summed E-state index contributed by atoms with van der Waals surface area (Å²) in [5, 5.41) is 11.4. The number of nitrogens with zero attached hydrogens (tertiary/aromatic N) is 6. The summed E-state index contributed by atoms with van der Waals surface area (Å²) in [5.41, 5.74) is 0. The molecule has 2 atom stereocenters. The number of likely N-dealkylation sites (N-methyl/N-ethyl adjacent to an activating group) is 1. The number of carbonyl (C=O) groups excluding carboxylic acids is 2. The van der Waals surface area contributed by atoms with E-state index in [4.69, 9.17) is 0 Å². The van der Waals surface area contributed by atoms with Gasteiger partial charge in [0.25, 0.3) is 11.8 Å². The molecule has 0 aromatic carbocycles. The van der Waals surface area contributed by atoms with E-state index in [1.165, 1.54) is 4.90 Å². The molecular formula is C17H23N7O2. The van der Waals surface area contributed by atoms with Crippen molar-refractivity contribution >= 4 is 17.6 Å². The van der Waals surface area contributed by atoms with Gasteiger partial charge in [-0.2, -0.15) is 5.10 Å². The van der Waals surface area contributed by atoms with Crippen LogP contribution in [-0.2, 0) is 17.8 Å². The molecule has 0 bridgehead atoms. The average molecular weight is 357 g/mol. The van der Waals surface area contributed by atoms with Gasteiger partial charge >= 0.3 is 0 Å². The van der Waals surface area contributed by atoms with E-state index >= 15 is 0 Å². The fourth-order valence-electron chi connectivity index (χ4n) is 3.76. The molecule has 0 spiro atoms. The Morgan fingerprint density at radius 2 is 2.15 bits per heavy atom. The van der Waals surface area contributed by atoms with Gasteiger partial charge in [0.05, 0.1) is 12.2 Å². The minimum atomic E-state index is -0.617. The number of anilines is 1. The molecule has 0 radical (unpaired) electrons. The molecule has 2 aliphatic heterocycles. The quantitative estimate of drug-likeness (QED) is 0.875. The van der Waals surface area contributed by atoms with E-state index in [1.54, 1.807) is 24.0 Å². The van der Waals surface area contributed by atoms with Gasteiger partial charge < -0.3 is 5.32 Å². The Kier molecular flexibility index (Phi) is 4.01. The fraction of sp³-hybridized carbons (Fsp3) is 0.588. The predicted octanol–water partition coefficient (Wildman–Crippen LogP) is 0.783. The second-order valence-electron chi connectivity index (χ2n) is 7.27. The van der Waals surface area contributed by atoms with E-state index in [-0.39, 0.29) is 17.8 Å². The maximum Gasteiger partial charge on any atom is 0.291 e. The number of hydrogen-bond acceptors (Lipinski definition) is 5. The SMILES string of the molecule is CC(C)[C@H]1CCc2nc(C(=O)N[C@H]3CCn4nccc4N(C)C3=O)nn21. The molecule has 0 saturated carbocycles. The molecule has 4 heterocycles. The predicted molar refractivity (Wildman–Crippen MR) is 93.7 cm³/mol. The van der Waals surface area contributed by atoms with Crippen LogP contribution in [-0.4, -0.2) is 49.4 Å². The third-order valence-electron chi connectivity index (χ3n) is 5.25. The first kappa shape index (κ1) is 16.7. The summed E-state index contributed by atoms with van der Waals surface area (Å²) in [6.45, 7) is 4.85. The topological polar surface area (TPSA) is 97.9 Å². The highest BCUT2D eigenvalue weighted by atomic mass is 16.2. The van der Waals surface area contributed by atoms with Crippen molar-refractivity contribution in [3.05, 3.63) is 23.9 Å². The highest BCUT2D eigenvalue weighted by Gasteiger charge is 2.33. The van der Waals surface area contributed by atoms with Crippen LogP contribution in [0.3, 0.4) is 0 Å². The highest BCUT2D eigenvalue weighted by molar-refractivity contribution is 6.00.